The summed E-state index contributed by atoms with van der Waals surface area (Å²) in [6, 6.07) is 7.40. The number of nitriles is 1. The van der Waals surface area contributed by atoms with Gasteiger partial charge < -0.3 is 4.74 Å². The topological polar surface area (TPSA) is 33.0 Å². The monoisotopic (exact) mass is 469 g/mol. The molecule has 0 unspecified atom stereocenters. The molecule has 2 aromatic rings. The highest BCUT2D eigenvalue weighted by molar-refractivity contribution is 5.78. The van der Waals surface area contributed by atoms with Crippen molar-refractivity contribution in [2.45, 2.75) is 105 Å². The predicted molar refractivity (Wildman–Crippen MR) is 137 cm³/mol. The Morgan fingerprint density at radius 1 is 0.735 bits per heavy atom. The third-order valence-corrected chi connectivity index (χ3v) is 6.47. The molecule has 2 nitrogen and oxygen atoms in total. The summed E-state index contributed by atoms with van der Waals surface area (Å²) in [6.07, 6.45) is 12.9. The van der Waals surface area contributed by atoms with Crippen LogP contribution in [-0.4, -0.2) is 6.61 Å². The molecule has 2 aromatic carbocycles. The Bertz CT molecular complexity index is 961. The van der Waals surface area contributed by atoms with E-state index in [4.69, 9.17) is 4.74 Å². The van der Waals surface area contributed by atoms with Crippen molar-refractivity contribution in [3.63, 3.8) is 0 Å². The standard InChI is InChI=1S/C30H41F2NO/c1-5-7-9-11-13-15-17-34-26-19-23(4)27(25(20-26)21-33)28-22(3)18-24(29(31)30(28)32)16-14-12-10-8-6-2/h18-20H,5-17H2,1-4H3. The number of benzene rings is 2. The summed E-state index contributed by atoms with van der Waals surface area (Å²) >= 11 is 0. The van der Waals surface area contributed by atoms with Gasteiger partial charge in [0.15, 0.2) is 11.6 Å². The lowest BCUT2D eigenvalue weighted by Crippen LogP contribution is -2.04. The molecule has 0 N–H and O–H groups in total. The second-order valence-corrected chi connectivity index (χ2v) is 9.41. The van der Waals surface area contributed by atoms with Crippen LogP contribution < -0.4 is 4.74 Å². The Labute approximate surface area is 205 Å². The van der Waals surface area contributed by atoms with Gasteiger partial charge in [0.1, 0.15) is 5.75 Å². The van der Waals surface area contributed by atoms with Gasteiger partial charge in [-0.15, -0.1) is 0 Å². The van der Waals surface area contributed by atoms with Crippen molar-refractivity contribution in [3.05, 3.63) is 52.1 Å². The number of rotatable bonds is 15. The molecule has 0 radical (unpaired) electrons. The molecule has 0 amide bonds. The van der Waals surface area contributed by atoms with Crippen molar-refractivity contribution in [3.8, 4) is 22.9 Å². The van der Waals surface area contributed by atoms with Gasteiger partial charge in [-0.05, 0) is 61.9 Å². The lowest BCUT2D eigenvalue weighted by atomic mass is 9.89. The third-order valence-electron chi connectivity index (χ3n) is 6.47. The Balaban J connectivity index is 2.18. The maximum Gasteiger partial charge on any atom is 0.167 e. The average molecular weight is 470 g/mol. The summed E-state index contributed by atoms with van der Waals surface area (Å²) in [5, 5.41) is 9.79. The molecule has 4 heteroatoms. The lowest BCUT2D eigenvalue weighted by molar-refractivity contribution is 0.304. The van der Waals surface area contributed by atoms with E-state index in [2.05, 4.69) is 19.9 Å². The molecule has 0 fully saturated rings. The fraction of sp³-hybridized carbons (Fsp3) is 0.567. The van der Waals surface area contributed by atoms with Crippen molar-refractivity contribution < 1.29 is 13.5 Å². The van der Waals surface area contributed by atoms with E-state index in [1.165, 1.54) is 32.1 Å². The summed E-state index contributed by atoms with van der Waals surface area (Å²) in [4.78, 5) is 0. The molecular weight excluding hydrogens is 428 g/mol. The Morgan fingerprint density at radius 3 is 1.97 bits per heavy atom. The van der Waals surface area contributed by atoms with Gasteiger partial charge >= 0.3 is 0 Å². The van der Waals surface area contributed by atoms with E-state index < -0.39 is 11.6 Å². The predicted octanol–water partition coefficient (Wildman–Crippen LogP) is 9.37. The van der Waals surface area contributed by atoms with Crippen LogP contribution >= 0.6 is 0 Å². The van der Waals surface area contributed by atoms with Crippen LogP contribution in [0.3, 0.4) is 0 Å². The van der Waals surface area contributed by atoms with E-state index >= 15 is 4.39 Å². The molecule has 0 aliphatic carbocycles. The molecule has 186 valence electrons. The molecule has 2 rings (SSSR count). The Hall–Kier alpha value is -2.41. The zero-order chi connectivity index (χ0) is 24.9. The first-order valence-electron chi connectivity index (χ1n) is 13.1. The van der Waals surface area contributed by atoms with E-state index in [-0.39, 0.29) is 5.56 Å². The van der Waals surface area contributed by atoms with Gasteiger partial charge in [-0.1, -0.05) is 77.7 Å². The molecule has 0 saturated carbocycles. The minimum Gasteiger partial charge on any atom is -0.494 e. The molecule has 0 aromatic heterocycles. The largest absolute Gasteiger partial charge is 0.494 e. The third kappa shape index (κ3) is 7.83. The van der Waals surface area contributed by atoms with Crippen LogP contribution in [0.1, 0.15) is 107 Å². The average Bonchev–Trinajstić information content (AvgIpc) is 2.82. The number of hydrogen-bond donors (Lipinski definition) is 0. The van der Waals surface area contributed by atoms with Crippen molar-refractivity contribution >= 4 is 0 Å². The fourth-order valence-corrected chi connectivity index (χ4v) is 4.56. The summed E-state index contributed by atoms with van der Waals surface area (Å²) in [7, 11) is 0. The highest BCUT2D eigenvalue weighted by Gasteiger charge is 2.22. The van der Waals surface area contributed by atoms with Crippen molar-refractivity contribution in [2.75, 3.05) is 6.61 Å². The maximum atomic E-state index is 15.3. The van der Waals surface area contributed by atoms with Crippen LogP contribution in [0.5, 0.6) is 5.75 Å². The lowest BCUT2D eigenvalue weighted by Gasteiger charge is -2.17. The molecule has 0 saturated heterocycles. The normalized spacial score (nSPS) is 11.0. The molecule has 34 heavy (non-hydrogen) atoms. The molecule has 0 spiro atoms. The summed E-state index contributed by atoms with van der Waals surface area (Å²) in [5.41, 5.74) is 2.74. The molecular formula is C30H41F2NO. The zero-order valence-electron chi connectivity index (χ0n) is 21.5. The smallest absolute Gasteiger partial charge is 0.167 e. The van der Waals surface area contributed by atoms with Gasteiger partial charge in [0, 0.05) is 11.1 Å². The maximum absolute atomic E-state index is 15.3. The first kappa shape index (κ1) is 27.8. The SMILES string of the molecule is CCCCCCCCOc1cc(C)c(-c2c(C)cc(CCCCCCC)c(F)c2F)c(C#N)c1. The van der Waals surface area contributed by atoms with Crippen LogP contribution in [-0.2, 0) is 6.42 Å². The molecule has 0 bridgehead atoms. The fourth-order valence-electron chi connectivity index (χ4n) is 4.56. The van der Waals surface area contributed by atoms with Crippen LogP contribution in [0, 0.1) is 36.8 Å². The zero-order valence-corrected chi connectivity index (χ0v) is 21.5. The highest BCUT2D eigenvalue weighted by atomic mass is 19.2. The van der Waals surface area contributed by atoms with Gasteiger partial charge in [0.25, 0.3) is 0 Å². The molecule has 0 aliphatic rings. The van der Waals surface area contributed by atoms with Gasteiger partial charge in [-0.2, -0.15) is 5.26 Å². The number of aryl methyl sites for hydroxylation is 3. The number of halogens is 2. The van der Waals surface area contributed by atoms with E-state index in [0.29, 0.717) is 46.6 Å². The summed E-state index contributed by atoms with van der Waals surface area (Å²) in [5.74, 6) is -1.04. The van der Waals surface area contributed by atoms with Crippen LogP contribution in [0.4, 0.5) is 8.78 Å². The van der Waals surface area contributed by atoms with Crippen molar-refractivity contribution in [2.24, 2.45) is 0 Å². The van der Waals surface area contributed by atoms with E-state index in [0.717, 1.165) is 38.5 Å². The number of ether oxygens (including phenoxy) is 1. The second kappa shape index (κ2) is 14.8. The second-order valence-electron chi connectivity index (χ2n) is 9.41. The first-order chi connectivity index (χ1) is 16.4. The Kier molecular flexibility index (Phi) is 12.1. The molecule has 0 heterocycles. The summed E-state index contributed by atoms with van der Waals surface area (Å²) in [6.45, 7) is 8.56. The minimum absolute atomic E-state index is 0.184. The quantitative estimate of drug-likeness (QED) is 0.243. The Morgan fingerprint density at radius 2 is 1.32 bits per heavy atom. The van der Waals surface area contributed by atoms with Crippen LogP contribution in [0.25, 0.3) is 11.1 Å². The van der Waals surface area contributed by atoms with Gasteiger partial charge in [0.2, 0.25) is 0 Å². The van der Waals surface area contributed by atoms with Crippen molar-refractivity contribution in [1.82, 2.24) is 0 Å². The van der Waals surface area contributed by atoms with Crippen LogP contribution in [0.15, 0.2) is 18.2 Å². The van der Waals surface area contributed by atoms with E-state index in [1.54, 1.807) is 19.1 Å². The first-order valence-corrected chi connectivity index (χ1v) is 13.1. The molecule has 0 aliphatic heterocycles. The van der Waals surface area contributed by atoms with Gasteiger partial charge in [-0.3, -0.25) is 0 Å². The number of nitrogens with zero attached hydrogens (tertiary/aromatic N) is 1. The van der Waals surface area contributed by atoms with Crippen LogP contribution in [0.2, 0.25) is 0 Å². The van der Waals surface area contributed by atoms with Crippen molar-refractivity contribution in [1.29, 1.82) is 5.26 Å². The number of hydrogen-bond acceptors (Lipinski definition) is 2. The van der Waals surface area contributed by atoms with E-state index in [9.17, 15) is 9.65 Å². The van der Waals surface area contributed by atoms with Gasteiger partial charge in [0.05, 0.1) is 18.2 Å². The molecule has 0 atom stereocenters. The van der Waals surface area contributed by atoms with Gasteiger partial charge in [-0.25, -0.2) is 8.78 Å². The summed E-state index contributed by atoms with van der Waals surface area (Å²) < 4.78 is 36.2. The minimum atomic E-state index is -0.857. The van der Waals surface area contributed by atoms with E-state index in [1.807, 2.05) is 13.0 Å². The number of unbranched alkanes of at least 4 members (excludes halogenated alkanes) is 9. The highest BCUT2D eigenvalue weighted by Crippen LogP contribution is 2.37.